The molecule has 0 spiro atoms. The zero-order valence-corrected chi connectivity index (χ0v) is 13.7. The topological polar surface area (TPSA) is 12.0 Å². The molecule has 0 aliphatic heterocycles. The highest BCUT2D eigenvalue weighted by molar-refractivity contribution is 6.35. The second-order valence-electron chi connectivity index (χ2n) is 5.00. The Bertz CT molecular complexity index is 588. The summed E-state index contributed by atoms with van der Waals surface area (Å²) in [4.78, 5) is 0. The van der Waals surface area contributed by atoms with Crippen molar-refractivity contribution >= 4 is 34.8 Å². The Morgan fingerprint density at radius 1 is 0.900 bits per heavy atom. The van der Waals surface area contributed by atoms with E-state index in [4.69, 9.17) is 34.8 Å². The minimum Gasteiger partial charge on any atom is -0.310 e. The largest absolute Gasteiger partial charge is 0.310 e. The zero-order valence-electron chi connectivity index (χ0n) is 11.4. The average molecular weight is 329 g/mol. The van der Waals surface area contributed by atoms with Crippen LogP contribution in [0, 0.1) is 0 Å². The van der Waals surface area contributed by atoms with E-state index in [0.29, 0.717) is 16.1 Å². The van der Waals surface area contributed by atoms with E-state index in [1.165, 1.54) is 0 Å². The van der Waals surface area contributed by atoms with Crippen LogP contribution in [-0.2, 0) is 6.54 Å². The van der Waals surface area contributed by atoms with Crippen LogP contribution in [0.25, 0.3) is 11.1 Å². The summed E-state index contributed by atoms with van der Waals surface area (Å²) in [5.74, 6) is 0. The van der Waals surface area contributed by atoms with Crippen LogP contribution in [0.2, 0.25) is 15.1 Å². The van der Waals surface area contributed by atoms with Crippen LogP contribution < -0.4 is 5.32 Å². The van der Waals surface area contributed by atoms with E-state index in [9.17, 15) is 0 Å². The van der Waals surface area contributed by atoms with Crippen LogP contribution in [0.1, 0.15) is 19.4 Å². The van der Waals surface area contributed by atoms with E-state index in [-0.39, 0.29) is 0 Å². The maximum Gasteiger partial charge on any atom is 0.0426 e. The molecule has 2 aromatic rings. The van der Waals surface area contributed by atoms with Gasteiger partial charge in [0.15, 0.2) is 0 Å². The first-order valence-electron chi connectivity index (χ1n) is 6.44. The normalized spacial score (nSPS) is 11.1. The fourth-order valence-corrected chi connectivity index (χ4v) is 2.73. The summed E-state index contributed by atoms with van der Waals surface area (Å²) in [6, 6.07) is 11.8. The SMILES string of the molecule is CC(C)NCc1cc(Cl)ccc1-c1cc(Cl)cc(Cl)c1. The average Bonchev–Trinajstić information content (AvgIpc) is 2.35. The van der Waals surface area contributed by atoms with Crippen LogP contribution in [0.5, 0.6) is 0 Å². The number of rotatable bonds is 4. The van der Waals surface area contributed by atoms with E-state index in [2.05, 4.69) is 19.2 Å². The Morgan fingerprint density at radius 3 is 2.15 bits per heavy atom. The molecule has 0 aliphatic rings. The van der Waals surface area contributed by atoms with Crippen molar-refractivity contribution in [1.29, 1.82) is 0 Å². The molecular formula is C16H16Cl3N. The Labute approximate surface area is 134 Å². The van der Waals surface area contributed by atoms with Gasteiger partial charge in [-0.05, 0) is 47.0 Å². The van der Waals surface area contributed by atoms with Gasteiger partial charge in [0.05, 0.1) is 0 Å². The summed E-state index contributed by atoms with van der Waals surface area (Å²) in [7, 11) is 0. The standard InChI is InChI=1S/C16H16Cl3N/c1-10(2)20-9-12-7-13(17)3-4-16(12)11-5-14(18)8-15(19)6-11/h3-8,10,20H,9H2,1-2H3. The summed E-state index contributed by atoms with van der Waals surface area (Å²) in [5, 5.41) is 5.39. The zero-order chi connectivity index (χ0) is 14.7. The molecule has 0 radical (unpaired) electrons. The van der Waals surface area contributed by atoms with Gasteiger partial charge in [-0.1, -0.05) is 54.7 Å². The van der Waals surface area contributed by atoms with Gasteiger partial charge in [0.1, 0.15) is 0 Å². The Kier molecular flexibility index (Phi) is 5.34. The number of hydrogen-bond acceptors (Lipinski definition) is 1. The molecule has 0 saturated carbocycles. The van der Waals surface area contributed by atoms with Gasteiger partial charge < -0.3 is 5.32 Å². The van der Waals surface area contributed by atoms with Crippen molar-refractivity contribution in [2.75, 3.05) is 0 Å². The minimum absolute atomic E-state index is 0.407. The lowest BCUT2D eigenvalue weighted by atomic mass is 9.99. The lowest BCUT2D eigenvalue weighted by Gasteiger charge is -2.14. The number of halogens is 3. The molecule has 20 heavy (non-hydrogen) atoms. The van der Waals surface area contributed by atoms with Crippen LogP contribution in [0.3, 0.4) is 0 Å². The van der Waals surface area contributed by atoms with Crippen molar-refractivity contribution in [3.05, 3.63) is 57.0 Å². The van der Waals surface area contributed by atoms with Gasteiger partial charge in [0, 0.05) is 27.7 Å². The molecule has 0 saturated heterocycles. The molecule has 0 amide bonds. The highest BCUT2D eigenvalue weighted by atomic mass is 35.5. The molecule has 0 aliphatic carbocycles. The molecule has 106 valence electrons. The van der Waals surface area contributed by atoms with Crippen LogP contribution in [0.15, 0.2) is 36.4 Å². The van der Waals surface area contributed by atoms with Crippen molar-refractivity contribution in [3.63, 3.8) is 0 Å². The van der Waals surface area contributed by atoms with Crippen molar-refractivity contribution in [2.45, 2.75) is 26.4 Å². The summed E-state index contributed by atoms with van der Waals surface area (Å²) in [6.45, 7) is 4.97. The van der Waals surface area contributed by atoms with E-state index in [1.807, 2.05) is 30.3 Å². The van der Waals surface area contributed by atoms with Gasteiger partial charge in [0.2, 0.25) is 0 Å². The van der Waals surface area contributed by atoms with Gasteiger partial charge >= 0.3 is 0 Å². The minimum atomic E-state index is 0.407. The summed E-state index contributed by atoms with van der Waals surface area (Å²) < 4.78 is 0. The van der Waals surface area contributed by atoms with Crippen molar-refractivity contribution < 1.29 is 0 Å². The first-order valence-corrected chi connectivity index (χ1v) is 7.57. The molecular weight excluding hydrogens is 313 g/mol. The smallest absolute Gasteiger partial charge is 0.0426 e. The predicted octanol–water partition coefficient (Wildman–Crippen LogP) is 5.81. The lowest BCUT2D eigenvalue weighted by molar-refractivity contribution is 0.589. The van der Waals surface area contributed by atoms with Crippen molar-refractivity contribution in [1.82, 2.24) is 5.32 Å². The van der Waals surface area contributed by atoms with Gasteiger partial charge in [-0.25, -0.2) is 0 Å². The Hall–Kier alpha value is -0.730. The number of benzene rings is 2. The summed E-state index contributed by atoms with van der Waals surface area (Å²) >= 11 is 18.3. The van der Waals surface area contributed by atoms with Gasteiger partial charge in [0.25, 0.3) is 0 Å². The monoisotopic (exact) mass is 327 g/mol. The first-order chi connectivity index (χ1) is 9.45. The molecule has 1 nitrogen and oxygen atoms in total. The number of hydrogen-bond donors (Lipinski definition) is 1. The van der Waals surface area contributed by atoms with Gasteiger partial charge in [-0.15, -0.1) is 0 Å². The second-order valence-corrected chi connectivity index (χ2v) is 6.30. The third-order valence-corrected chi connectivity index (χ3v) is 3.61. The fraction of sp³-hybridized carbons (Fsp3) is 0.250. The molecule has 2 rings (SSSR count). The molecule has 1 N–H and O–H groups in total. The van der Waals surface area contributed by atoms with Crippen LogP contribution in [-0.4, -0.2) is 6.04 Å². The lowest BCUT2D eigenvalue weighted by Crippen LogP contribution is -2.22. The maximum atomic E-state index is 6.10. The van der Waals surface area contributed by atoms with Crippen molar-refractivity contribution in [3.8, 4) is 11.1 Å². The molecule has 0 fully saturated rings. The molecule has 0 bridgehead atoms. The Morgan fingerprint density at radius 2 is 1.55 bits per heavy atom. The molecule has 0 unspecified atom stereocenters. The quantitative estimate of drug-likeness (QED) is 0.746. The molecule has 2 aromatic carbocycles. The second kappa shape index (κ2) is 6.82. The molecule has 4 heteroatoms. The van der Waals surface area contributed by atoms with Crippen molar-refractivity contribution in [2.24, 2.45) is 0 Å². The van der Waals surface area contributed by atoms with E-state index >= 15 is 0 Å². The molecule has 0 atom stereocenters. The van der Waals surface area contributed by atoms with Crippen LogP contribution in [0.4, 0.5) is 0 Å². The van der Waals surface area contributed by atoms with E-state index in [0.717, 1.165) is 28.3 Å². The third kappa shape index (κ3) is 4.13. The van der Waals surface area contributed by atoms with Gasteiger partial charge in [-0.3, -0.25) is 0 Å². The molecule has 0 heterocycles. The highest BCUT2D eigenvalue weighted by Gasteiger charge is 2.08. The van der Waals surface area contributed by atoms with Crippen LogP contribution >= 0.6 is 34.8 Å². The number of nitrogens with one attached hydrogen (secondary N) is 1. The van der Waals surface area contributed by atoms with E-state index in [1.54, 1.807) is 6.07 Å². The fourth-order valence-electron chi connectivity index (χ4n) is 2.01. The highest BCUT2D eigenvalue weighted by Crippen LogP contribution is 2.31. The predicted molar refractivity (Wildman–Crippen MR) is 88.9 cm³/mol. The Balaban J connectivity index is 2.44. The molecule has 0 aromatic heterocycles. The third-order valence-electron chi connectivity index (χ3n) is 2.94. The summed E-state index contributed by atoms with van der Waals surface area (Å²) in [5.41, 5.74) is 3.22. The van der Waals surface area contributed by atoms with E-state index < -0.39 is 0 Å². The summed E-state index contributed by atoms with van der Waals surface area (Å²) in [6.07, 6.45) is 0. The maximum absolute atomic E-state index is 6.10. The first kappa shape index (κ1) is 15.7. The van der Waals surface area contributed by atoms with Gasteiger partial charge in [-0.2, -0.15) is 0 Å².